The van der Waals surface area contributed by atoms with Crippen LogP contribution in [0.15, 0.2) is 60.7 Å². The summed E-state index contributed by atoms with van der Waals surface area (Å²) in [6.45, 7) is 3.69. The van der Waals surface area contributed by atoms with E-state index in [1.54, 1.807) is 24.3 Å². The summed E-state index contributed by atoms with van der Waals surface area (Å²) in [5, 5.41) is 9.79. The van der Waals surface area contributed by atoms with Crippen molar-refractivity contribution in [3.63, 3.8) is 0 Å². The van der Waals surface area contributed by atoms with Gasteiger partial charge in [0, 0.05) is 23.0 Å². The Morgan fingerprint density at radius 2 is 1.62 bits per heavy atom. The van der Waals surface area contributed by atoms with Crippen LogP contribution in [-0.2, 0) is 4.74 Å². The van der Waals surface area contributed by atoms with Crippen molar-refractivity contribution in [2.75, 3.05) is 13.2 Å². The fourth-order valence-corrected chi connectivity index (χ4v) is 3.97. The van der Waals surface area contributed by atoms with Gasteiger partial charge >= 0.3 is 0 Å². The molecule has 4 nitrogen and oxygen atoms in total. The molecule has 26 heavy (non-hydrogen) atoms. The molecular weight excluding hydrogens is 328 g/mol. The first-order valence-electron chi connectivity index (χ1n) is 8.91. The van der Waals surface area contributed by atoms with Crippen LogP contribution < -0.4 is 0 Å². The highest BCUT2D eigenvalue weighted by Gasteiger charge is 2.55. The maximum Gasteiger partial charge on any atom is 0.171 e. The number of ether oxygens (including phenoxy) is 1. The zero-order valence-electron chi connectivity index (χ0n) is 15.1. The average molecular weight is 352 g/mol. The van der Waals surface area contributed by atoms with Gasteiger partial charge in [0.15, 0.2) is 11.6 Å². The van der Waals surface area contributed by atoms with Gasteiger partial charge in [-0.25, -0.2) is 0 Å². The maximum atomic E-state index is 13.3. The zero-order valence-corrected chi connectivity index (χ0v) is 15.1. The lowest BCUT2D eigenvalue weighted by Crippen LogP contribution is -2.46. The predicted molar refractivity (Wildman–Crippen MR) is 99.1 cm³/mol. The molecule has 136 valence electrons. The van der Waals surface area contributed by atoms with Crippen LogP contribution in [0.3, 0.4) is 0 Å². The van der Waals surface area contributed by atoms with Crippen LogP contribution in [-0.4, -0.2) is 36.0 Å². The third-order valence-corrected chi connectivity index (χ3v) is 5.68. The smallest absolute Gasteiger partial charge is 0.171 e. The van der Waals surface area contributed by atoms with Gasteiger partial charge in [-0.2, -0.15) is 0 Å². The average Bonchev–Trinajstić information content (AvgIpc) is 3.04. The lowest BCUT2D eigenvalue weighted by molar-refractivity contribution is 0.0110. The van der Waals surface area contributed by atoms with E-state index in [0.717, 1.165) is 0 Å². The number of hydrogen-bond donors (Lipinski definition) is 1. The molecule has 0 radical (unpaired) electrons. The molecule has 4 heteroatoms. The minimum absolute atomic E-state index is 0.00937. The summed E-state index contributed by atoms with van der Waals surface area (Å²) >= 11 is 0. The number of rotatable bonds is 6. The Kier molecular flexibility index (Phi) is 5.35. The molecule has 0 bridgehead atoms. The number of carbonyl (C=O) groups excluding carboxylic acids is 2. The fourth-order valence-electron chi connectivity index (χ4n) is 3.97. The molecule has 4 atom stereocenters. The van der Waals surface area contributed by atoms with Gasteiger partial charge < -0.3 is 9.84 Å². The standard InChI is InChI=1S/C22H24O4/c1-15(20(24)16-9-5-3-6-10-16)18-14-26-19(13-23)22(18,2)21(25)17-11-7-4-8-12-17/h3-12,15,18-19,23H,13-14H2,1-2H3. The van der Waals surface area contributed by atoms with E-state index < -0.39 is 17.4 Å². The van der Waals surface area contributed by atoms with Gasteiger partial charge in [-0.15, -0.1) is 0 Å². The summed E-state index contributed by atoms with van der Waals surface area (Å²) in [6, 6.07) is 18.1. The number of benzene rings is 2. The Hall–Kier alpha value is -2.30. The third kappa shape index (κ3) is 3.11. The van der Waals surface area contributed by atoms with E-state index in [0.29, 0.717) is 11.1 Å². The molecule has 1 fully saturated rings. The van der Waals surface area contributed by atoms with E-state index in [-0.39, 0.29) is 30.7 Å². The molecule has 2 aromatic rings. The molecule has 4 unspecified atom stereocenters. The Labute approximate surface area is 153 Å². The van der Waals surface area contributed by atoms with Crippen molar-refractivity contribution in [2.24, 2.45) is 17.3 Å². The first-order chi connectivity index (χ1) is 12.5. The van der Waals surface area contributed by atoms with Crippen molar-refractivity contribution in [3.05, 3.63) is 71.8 Å². The van der Waals surface area contributed by atoms with Gasteiger partial charge in [-0.1, -0.05) is 67.6 Å². The summed E-state index contributed by atoms with van der Waals surface area (Å²) in [5.41, 5.74) is 0.241. The number of ketones is 2. The van der Waals surface area contributed by atoms with Crippen LogP contribution in [0.4, 0.5) is 0 Å². The van der Waals surface area contributed by atoms with Crippen LogP contribution in [0.25, 0.3) is 0 Å². The minimum atomic E-state index is -0.958. The summed E-state index contributed by atoms with van der Waals surface area (Å²) in [5.74, 6) is -0.802. The molecule has 0 spiro atoms. The van der Waals surface area contributed by atoms with Gasteiger partial charge in [-0.3, -0.25) is 9.59 Å². The highest BCUT2D eigenvalue weighted by atomic mass is 16.5. The molecule has 2 aromatic carbocycles. The summed E-state index contributed by atoms with van der Waals surface area (Å²) in [4.78, 5) is 26.3. The summed E-state index contributed by atoms with van der Waals surface area (Å²) in [6.07, 6.45) is -0.619. The summed E-state index contributed by atoms with van der Waals surface area (Å²) in [7, 11) is 0. The molecule has 1 N–H and O–H groups in total. The molecular formula is C22H24O4. The van der Waals surface area contributed by atoms with Gasteiger partial charge in [0.25, 0.3) is 0 Å². The molecule has 0 aromatic heterocycles. The van der Waals surface area contributed by atoms with Crippen LogP contribution in [0, 0.1) is 17.3 Å². The lowest BCUT2D eigenvalue weighted by Gasteiger charge is -2.35. The maximum absolute atomic E-state index is 13.3. The van der Waals surface area contributed by atoms with E-state index >= 15 is 0 Å². The monoisotopic (exact) mass is 352 g/mol. The van der Waals surface area contributed by atoms with Gasteiger partial charge in [0.05, 0.1) is 24.7 Å². The molecule has 1 saturated heterocycles. The van der Waals surface area contributed by atoms with E-state index in [1.807, 2.05) is 50.2 Å². The van der Waals surface area contributed by atoms with Gasteiger partial charge in [0.2, 0.25) is 0 Å². The van der Waals surface area contributed by atoms with Crippen LogP contribution in [0.1, 0.15) is 34.6 Å². The quantitative estimate of drug-likeness (QED) is 0.810. The third-order valence-electron chi connectivity index (χ3n) is 5.68. The lowest BCUT2D eigenvalue weighted by atomic mass is 9.65. The van der Waals surface area contributed by atoms with E-state index in [9.17, 15) is 14.7 Å². The summed E-state index contributed by atoms with van der Waals surface area (Å²) < 4.78 is 5.76. The van der Waals surface area contributed by atoms with Crippen molar-refractivity contribution in [1.29, 1.82) is 0 Å². The van der Waals surface area contributed by atoms with Crippen molar-refractivity contribution in [3.8, 4) is 0 Å². The number of Topliss-reactive ketones (excluding diaryl/α,β-unsaturated/α-hetero) is 2. The highest BCUT2D eigenvalue weighted by Crippen LogP contribution is 2.46. The number of carbonyl (C=O) groups is 2. The Morgan fingerprint density at radius 3 is 2.15 bits per heavy atom. The molecule has 1 heterocycles. The number of aliphatic hydroxyl groups is 1. The van der Waals surface area contributed by atoms with Crippen molar-refractivity contribution in [1.82, 2.24) is 0 Å². The number of aliphatic hydroxyl groups excluding tert-OH is 1. The molecule has 0 amide bonds. The number of hydrogen-bond acceptors (Lipinski definition) is 4. The Bertz CT molecular complexity index is 771. The van der Waals surface area contributed by atoms with Crippen LogP contribution >= 0.6 is 0 Å². The Morgan fingerprint density at radius 1 is 1.08 bits per heavy atom. The molecule has 0 aliphatic carbocycles. The highest BCUT2D eigenvalue weighted by molar-refractivity contribution is 6.03. The van der Waals surface area contributed by atoms with Gasteiger partial charge in [-0.05, 0) is 6.92 Å². The second kappa shape index (κ2) is 7.52. The molecule has 3 rings (SSSR count). The first-order valence-corrected chi connectivity index (χ1v) is 8.91. The molecule has 1 aliphatic rings. The van der Waals surface area contributed by atoms with Crippen molar-refractivity contribution >= 4 is 11.6 Å². The SMILES string of the molecule is CC(C(=O)c1ccccc1)C1COC(CO)C1(C)C(=O)c1ccccc1. The van der Waals surface area contributed by atoms with Crippen molar-refractivity contribution in [2.45, 2.75) is 20.0 Å². The predicted octanol–water partition coefficient (Wildman–Crippen LogP) is 3.40. The molecule has 1 aliphatic heterocycles. The van der Waals surface area contributed by atoms with Crippen LogP contribution in [0.2, 0.25) is 0 Å². The topological polar surface area (TPSA) is 63.6 Å². The first kappa shape index (κ1) is 18.5. The van der Waals surface area contributed by atoms with Crippen LogP contribution in [0.5, 0.6) is 0 Å². The molecule has 0 saturated carbocycles. The minimum Gasteiger partial charge on any atom is -0.394 e. The van der Waals surface area contributed by atoms with E-state index in [4.69, 9.17) is 4.74 Å². The second-order valence-electron chi connectivity index (χ2n) is 7.11. The Balaban J connectivity index is 1.95. The van der Waals surface area contributed by atoms with E-state index in [1.165, 1.54) is 0 Å². The zero-order chi connectivity index (χ0) is 18.7. The second-order valence-corrected chi connectivity index (χ2v) is 7.11. The normalized spacial score (nSPS) is 26.4. The van der Waals surface area contributed by atoms with Crippen molar-refractivity contribution < 1.29 is 19.4 Å². The van der Waals surface area contributed by atoms with E-state index in [2.05, 4.69) is 0 Å². The van der Waals surface area contributed by atoms with Gasteiger partial charge in [0.1, 0.15) is 0 Å². The fraction of sp³-hybridized carbons (Fsp3) is 0.364. The largest absolute Gasteiger partial charge is 0.394 e.